The Hall–Kier alpha value is -0.900. The fraction of sp³-hybridized carbons (Fsp3) is 0.818. The van der Waals surface area contributed by atoms with Crippen molar-refractivity contribution >= 4 is 0 Å². The standard InChI is InChI=1S/C11H20N4/c1-3-10-13-11(15(2)14-10)8-9-6-4-5-7-12-9/h9,12H,3-8H2,1-2H3. The molecule has 0 amide bonds. The molecule has 1 aromatic heterocycles. The Morgan fingerprint density at radius 1 is 1.47 bits per heavy atom. The van der Waals surface area contributed by atoms with E-state index in [1.165, 1.54) is 19.3 Å². The normalized spacial score (nSPS) is 21.9. The van der Waals surface area contributed by atoms with Crippen LogP contribution in [-0.4, -0.2) is 27.4 Å². The number of nitrogens with one attached hydrogen (secondary N) is 1. The fourth-order valence-corrected chi connectivity index (χ4v) is 2.12. The lowest BCUT2D eigenvalue weighted by Gasteiger charge is -2.22. The number of nitrogens with zero attached hydrogens (tertiary/aromatic N) is 3. The van der Waals surface area contributed by atoms with Crippen molar-refractivity contribution in [1.29, 1.82) is 0 Å². The molecule has 1 fully saturated rings. The average Bonchev–Trinajstić information content (AvgIpc) is 2.61. The van der Waals surface area contributed by atoms with E-state index in [4.69, 9.17) is 0 Å². The van der Waals surface area contributed by atoms with Gasteiger partial charge in [-0.05, 0) is 19.4 Å². The van der Waals surface area contributed by atoms with Crippen molar-refractivity contribution in [3.05, 3.63) is 11.6 Å². The average molecular weight is 208 g/mol. The predicted octanol–water partition coefficient (Wildman–Crippen LogP) is 1.06. The van der Waals surface area contributed by atoms with E-state index in [0.29, 0.717) is 6.04 Å². The highest BCUT2D eigenvalue weighted by Crippen LogP contribution is 2.11. The van der Waals surface area contributed by atoms with Gasteiger partial charge < -0.3 is 5.32 Å². The van der Waals surface area contributed by atoms with Crippen molar-refractivity contribution in [2.75, 3.05) is 6.54 Å². The molecule has 2 heterocycles. The third-order valence-electron chi connectivity index (χ3n) is 3.05. The molecular formula is C11H20N4. The van der Waals surface area contributed by atoms with Crippen LogP contribution >= 0.6 is 0 Å². The van der Waals surface area contributed by atoms with Crippen LogP contribution in [-0.2, 0) is 19.9 Å². The Balaban J connectivity index is 1.99. The molecule has 0 spiro atoms. The minimum atomic E-state index is 0.603. The zero-order valence-corrected chi connectivity index (χ0v) is 9.66. The largest absolute Gasteiger partial charge is 0.314 e. The maximum atomic E-state index is 4.53. The summed E-state index contributed by atoms with van der Waals surface area (Å²) in [5, 5.41) is 7.91. The van der Waals surface area contributed by atoms with Crippen LogP contribution in [0, 0.1) is 0 Å². The second kappa shape index (κ2) is 4.75. The van der Waals surface area contributed by atoms with Crippen LogP contribution in [0.15, 0.2) is 0 Å². The minimum absolute atomic E-state index is 0.603. The Morgan fingerprint density at radius 3 is 2.93 bits per heavy atom. The van der Waals surface area contributed by atoms with Gasteiger partial charge in [-0.25, -0.2) is 4.98 Å². The highest BCUT2D eigenvalue weighted by Gasteiger charge is 2.16. The molecule has 4 nitrogen and oxygen atoms in total. The van der Waals surface area contributed by atoms with Crippen molar-refractivity contribution in [1.82, 2.24) is 20.1 Å². The summed E-state index contributed by atoms with van der Waals surface area (Å²) in [4.78, 5) is 4.53. The van der Waals surface area contributed by atoms with E-state index >= 15 is 0 Å². The molecular weight excluding hydrogens is 188 g/mol. The molecule has 1 aliphatic heterocycles. The quantitative estimate of drug-likeness (QED) is 0.807. The zero-order valence-electron chi connectivity index (χ0n) is 9.66. The van der Waals surface area contributed by atoms with Crippen LogP contribution in [0.25, 0.3) is 0 Å². The van der Waals surface area contributed by atoms with E-state index in [9.17, 15) is 0 Å². The molecule has 1 aliphatic rings. The second-order valence-corrected chi connectivity index (χ2v) is 4.27. The summed E-state index contributed by atoms with van der Waals surface area (Å²) in [6.45, 7) is 3.25. The van der Waals surface area contributed by atoms with Gasteiger partial charge in [-0.2, -0.15) is 5.10 Å². The first-order chi connectivity index (χ1) is 7.29. The summed E-state index contributed by atoms with van der Waals surface area (Å²) in [5.41, 5.74) is 0. The van der Waals surface area contributed by atoms with Gasteiger partial charge in [0.15, 0.2) is 5.82 Å². The first kappa shape index (κ1) is 10.6. The van der Waals surface area contributed by atoms with Crippen LogP contribution in [0.1, 0.15) is 37.8 Å². The highest BCUT2D eigenvalue weighted by atomic mass is 15.3. The summed E-state index contributed by atoms with van der Waals surface area (Å²) >= 11 is 0. The molecule has 0 aliphatic carbocycles. The van der Waals surface area contributed by atoms with Crippen LogP contribution in [0.5, 0.6) is 0 Å². The van der Waals surface area contributed by atoms with E-state index in [1.807, 2.05) is 11.7 Å². The Morgan fingerprint density at radius 2 is 2.33 bits per heavy atom. The number of aryl methyl sites for hydroxylation is 2. The van der Waals surface area contributed by atoms with Crippen LogP contribution < -0.4 is 5.32 Å². The van der Waals surface area contributed by atoms with Crippen LogP contribution in [0.2, 0.25) is 0 Å². The molecule has 2 rings (SSSR count). The molecule has 84 valence electrons. The van der Waals surface area contributed by atoms with Crippen molar-refractivity contribution in [2.24, 2.45) is 7.05 Å². The third kappa shape index (κ3) is 2.56. The topological polar surface area (TPSA) is 42.7 Å². The van der Waals surface area contributed by atoms with E-state index < -0.39 is 0 Å². The second-order valence-electron chi connectivity index (χ2n) is 4.27. The number of aromatic nitrogens is 3. The lowest BCUT2D eigenvalue weighted by Crippen LogP contribution is -2.36. The molecule has 1 unspecified atom stereocenters. The number of hydrogen-bond donors (Lipinski definition) is 1. The van der Waals surface area contributed by atoms with Crippen LogP contribution in [0.3, 0.4) is 0 Å². The Kier molecular flexibility index (Phi) is 3.36. The third-order valence-corrected chi connectivity index (χ3v) is 3.05. The summed E-state index contributed by atoms with van der Waals surface area (Å²) in [5.74, 6) is 2.08. The monoisotopic (exact) mass is 208 g/mol. The molecule has 1 N–H and O–H groups in total. The molecule has 1 atom stereocenters. The van der Waals surface area contributed by atoms with Gasteiger partial charge in [0.25, 0.3) is 0 Å². The predicted molar refractivity (Wildman–Crippen MR) is 59.7 cm³/mol. The molecule has 0 bridgehead atoms. The summed E-state index contributed by atoms with van der Waals surface area (Å²) in [7, 11) is 1.99. The number of rotatable bonds is 3. The van der Waals surface area contributed by atoms with Crippen LogP contribution in [0.4, 0.5) is 0 Å². The molecule has 0 radical (unpaired) electrons. The van der Waals surface area contributed by atoms with Crippen molar-refractivity contribution in [3.8, 4) is 0 Å². The maximum absolute atomic E-state index is 4.53. The van der Waals surface area contributed by atoms with E-state index in [-0.39, 0.29) is 0 Å². The Bertz CT molecular complexity index is 312. The van der Waals surface area contributed by atoms with E-state index in [2.05, 4.69) is 22.3 Å². The molecule has 1 saturated heterocycles. The van der Waals surface area contributed by atoms with Crippen molar-refractivity contribution < 1.29 is 0 Å². The molecule has 1 aromatic rings. The first-order valence-electron chi connectivity index (χ1n) is 5.91. The van der Waals surface area contributed by atoms with Gasteiger partial charge in [0.2, 0.25) is 0 Å². The number of hydrogen-bond acceptors (Lipinski definition) is 3. The SMILES string of the molecule is CCc1nc(CC2CCCCN2)n(C)n1. The first-order valence-corrected chi connectivity index (χ1v) is 5.91. The minimum Gasteiger partial charge on any atom is -0.314 e. The lowest BCUT2D eigenvalue weighted by atomic mass is 10.0. The fourth-order valence-electron chi connectivity index (χ4n) is 2.12. The van der Waals surface area contributed by atoms with Gasteiger partial charge in [-0.15, -0.1) is 0 Å². The maximum Gasteiger partial charge on any atom is 0.150 e. The number of piperidine rings is 1. The molecule has 15 heavy (non-hydrogen) atoms. The smallest absolute Gasteiger partial charge is 0.150 e. The van der Waals surface area contributed by atoms with Gasteiger partial charge in [-0.1, -0.05) is 13.3 Å². The van der Waals surface area contributed by atoms with Crippen molar-refractivity contribution in [3.63, 3.8) is 0 Å². The molecule has 0 aromatic carbocycles. The van der Waals surface area contributed by atoms with Gasteiger partial charge in [0.05, 0.1) is 0 Å². The Labute approximate surface area is 91.1 Å². The molecule has 0 saturated carbocycles. The van der Waals surface area contributed by atoms with Gasteiger partial charge >= 0.3 is 0 Å². The van der Waals surface area contributed by atoms with E-state index in [1.54, 1.807) is 0 Å². The summed E-state index contributed by atoms with van der Waals surface area (Å²) in [6, 6.07) is 0.603. The summed E-state index contributed by atoms with van der Waals surface area (Å²) < 4.78 is 1.93. The lowest BCUT2D eigenvalue weighted by molar-refractivity contribution is 0.390. The highest BCUT2D eigenvalue weighted by molar-refractivity contribution is 4.96. The summed E-state index contributed by atoms with van der Waals surface area (Å²) in [6.07, 6.45) is 5.87. The van der Waals surface area contributed by atoms with Gasteiger partial charge in [0.1, 0.15) is 5.82 Å². The zero-order chi connectivity index (χ0) is 10.7. The van der Waals surface area contributed by atoms with Crippen molar-refractivity contribution in [2.45, 2.75) is 45.1 Å². The van der Waals surface area contributed by atoms with E-state index in [0.717, 1.165) is 31.0 Å². The van der Waals surface area contributed by atoms with Gasteiger partial charge in [-0.3, -0.25) is 4.68 Å². The molecule has 4 heteroatoms. The van der Waals surface area contributed by atoms with Gasteiger partial charge in [0, 0.05) is 25.9 Å².